The van der Waals surface area contributed by atoms with E-state index >= 15 is 0 Å². The van der Waals surface area contributed by atoms with Crippen LogP contribution in [0.15, 0.2) is 29.2 Å². The van der Waals surface area contributed by atoms with Gasteiger partial charge < -0.3 is 4.74 Å². The van der Waals surface area contributed by atoms with E-state index in [0.717, 1.165) is 6.42 Å². The van der Waals surface area contributed by atoms with Gasteiger partial charge in [-0.3, -0.25) is 11.3 Å². The number of nitrogens with two attached hydrogens (primary N) is 1. The monoisotopic (exact) mass is 294 g/mol. The molecule has 1 saturated heterocycles. The van der Waals surface area contributed by atoms with Crippen molar-refractivity contribution in [2.24, 2.45) is 11.8 Å². The first-order chi connectivity index (χ1) is 9.29. The number of thioether (sulfide) groups is 1. The molecule has 0 saturated carbocycles. The Morgan fingerprint density at radius 1 is 1.25 bits per heavy atom. The van der Waals surface area contributed by atoms with Crippen LogP contribution in [0.3, 0.4) is 0 Å². The highest BCUT2D eigenvalue weighted by Crippen LogP contribution is 2.47. The van der Waals surface area contributed by atoms with Crippen molar-refractivity contribution in [3.05, 3.63) is 29.8 Å². The average Bonchev–Trinajstić information content (AvgIpc) is 2.59. The van der Waals surface area contributed by atoms with Crippen LogP contribution >= 0.6 is 11.8 Å². The van der Waals surface area contributed by atoms with E-state index in [2.05, 4.69) is 63.6 Å². The lowest BCUT2D eigenvalue weighted by atomic mass is 9.79. The Labute approximate surface area is 126 Å². The van der Waals surface area contributed by atoms with E-state index in [9.17, 15) is 0 Å². The van der Waals surface area contributed by atoms with Crippen molar-refractivity contribution in [3.8, 4) is 0 Å². The minimum absolute atomic E-state index is 0.0948. The second-order valence-electron chi connectivity index (χ2n) is 6.69. The maximum atomic E-state index is 6.20. The summed E-state index contributed by atoms with van der Waals surface area (Å²) in [4.78, 5) is 1.27. The van der Waals surface area contributed by atoms with Gasteiger partial charge in [0, 0.05) is 10.8 Å². The molecule has 1 aromatic carbocycles. The lowest BCUT2D eigenvalue weighted by molar-refractivity contribution is -0.0779. The predicted octanol–water partition coefficient (Wildman–Crippen LogP) is 3.51. The van der Waals surface area contributed by atoms with Gasteiger partial charge >= 0.3 is 0 Å². The van der Waals surface area contributed by atoms with Crippen molar-refractivity contribution in [1.82, 2.24) is 5.43 Å². The molecule has 2 atom stereocenters. The van der Waals surface area contributed by atoms with Gasteiger partial charge in [-0.2, -0.15) is 0 Å². The summed E-state index contributed by atoms with van der Waals surface area (Å²) in [6, 6.07) is 8.74. The van der Waals surface area contributed by atoms with Gasteiger partial charge in [0.1, 0.15) is 0 Å². The van der Waals surface area contributed by atoms with Crippen molar-refractivity contribution >= 4 is 11.8 Å². The molecular formula is C16H26N2OS. The summed E-state index contributed by atoms with van der Waals surface area (Å²) >= 11 is 1.75. The summed E-state index contributed by atoms with van der Waals surface area (Å²) in [5.41, 5.74) is 3.95. The second kappa shape index (κ2) is 5.68. The Hall–Kier alpha value is -0.550. The van der Waals surface area contributed by atoms with E-state index in [1.807, 2.05) is 0 Å². The Kier molecular flexibility index (Phi) is 4.50. The third-order valence-corrected chi connectivity index (χ3v) is 4.94. The topological polar surface area (TPSA) is 47.3 Å². The zero-order chi connectivity index (χ0) is 15.0. The quantitative estimate of drug-likeness (QED) is 0.507. The fraction of sp³-hybridized carbons (Fsp3) is 0.625. The van der Waals surface area contributed by atoms with E-state index in [4.69, 9.17) is 10.6 Å². The van der Waals surface area contributed by atoms with Crippen molar-refractivity contribution in [2.45, 2.75) is 56.3 Å². The molecule has 20 heavy (non-hydrogen) atoms. The summed E-state index contributed by atoms with van der Waals surface area (Å²) in [5, 5.41) is 0. The number of benzene rings is 1. The summed E-state index contributed by atoms with van der Waals surface area (Å²) < 4.78 is 6.20. The van der Waals surface area contributed by atoms with Crippen LogP contribution in [0.1, 0.15) is 45.7 Å². The zero-order valence-corrected chi connectivity index (χ0v) is 13.9. The average molecular weight is 294 g/mol. The Morgan fingerprint density at radius 3 is 2.25 bits per heavy atom. The summed E-state index contributed by atoms with van der Waals surface area (Å²) in [7, 11) is 0. The first kappa shape index (κ1) is 15.8. The number of ether oxygens (including phenoxy) is 1. The van der Waals surface area contributed by atoms with Crippen LogP contribution < -0.4 is 11.3 Å². The highest BCUT2D eigenvalue weighted by Gasteiger charge is 2.49. The SMILES string of the molecule is CSc1ccc(C(NN)C2CC(C)(C)OC2(C)C)cc1. The Balaban J connectivity index is 2.27. The van der Waals surface area contributed by atoms with Crippen LogP contribution in [0.5, 0.6) is 0 Å². The van der Waals surface area contributed by atoms with Crippen LogP contribution in [0.2, 0.25) is 0 Å². The van der Waals surface area contributed by atoms with Gasteiger partial charge in [-0.25, -0.2) is 0 Å². The van der Waals surface area contributed by atoms with Gasteiger partial charge in [0.25, 0.3) is 0 Å². The normalized spacial score (nSPS) is 25.6. The molecule has 0 aromatic heterocycles. The molecule has 0 spiro atoms. The summed E-state index contributed by atoms with van der Waals surface area (Å²) in [5.74, 6) is 6.20. The van der Waals surface area contributed by atoms with E-state index in [0.29, 0.717) is 5.92 Å². The van der Waals surface area contributed by atoms with Gasteiger partial charge in [0.05, 0.1) is 17.2 Å². The molecule has 1 fully saturated rings. The lowest BCUT2D eigenvalue weighted by Crippen LogP contribution is -2.41. The molecule has 4 heteroatoms. The number of hydrazine groups is 1. The largest absolute Gasteiger partial charge is 0.369 e. The number of hydrogen-bond acceptors (Lipinski definition) is 4. The fourth-order valence-electron chi connectivity index (χ4n) is 3.38. The van der Waals surface area contributed by atoms with E-state index in [-0.39, 0.29) is 17.2 Å². The summed E-state index contributed by atoms with van der Waals surface area (Å²) in [6.07, 6.45) is 3.09. The molecule has 0 bridgehead atoms. The number of hydrogen-bond donors (Lipinski definition) is 2. The van der Waals surface area contributed by atoms with Crippen LogP contribution in [0, 0.1) is 5.92 Å². The van der Waals surface area contributed by atoms with Crippen molar-refractivity contribution in [3.63, 3.8) is 0 Å². The second-order valence-corrected chi connectivity index (χ2v) is 7.57. The maximum Gasteiger partial charge on any atom is 0.0681 e. The molecule has 0 radical (unpaired) electrons. The van der Waals surface area contributed by atoms with E-state index in [1.54, 1.807) is 11.8 Å². The minimum Gasteiger partial charge on any atom is -0.369 e. The van der Waals surface area contributed by atoms with Crippen molar-refractivity contribution in [1.29, 1.82) is 0 Å². The highest BCUT2D eigenvalue weighted by atomic mass is 32.2. The Bertz CT molecular complexity index is 456. The Morgan fingerprint density at radius 2 is 1.85 bits per heavy atom. The van der Waals surface area contributed by atoms with Crippen LogP contribution in [-0.2, 0) is 4.74 Å². The molecule has 1 aliphatic rings. The molecule has 1 heterocycles. The highest BCUT2D eigenvalue weighted by molar-refractivity contribution is 7.98. The molecular weight excluding hydrogens is 268 g/mol. The third-order valence-electron chi connectivity index (χ3n) is 4.20. The van der Waals surface area contributed by atoms with Gasteiger partial charge in [0.2, 0.25) is 0 Å². The van der Waals surface area contributed by atoms with Gasteiger partial charge in [-0.05, 0) is 58.1 Å². The summed E-state index contributed by atoms with van der Waals surface area (Å²) in [6.45, 7) is 8.62. The van der Waals surface area contributed by atoms with Gasteiger partial charge in [0.15, 0.2) is 0 Å². The molecule has 3 N–H and O–H groups in total. The number of rotatable bonds is 4. The van der Waals surface area contributed by atoms with E-state index < -0.39 is 0 Å². The van der Waals surface area contributed by atoms with Crippen LogP contribution in [0.25, 0.3) is 0 Å². The fourth-order valence-corrected chi connectivity index (χ4v) is 3.79. The molecule has 1 aromatic rings. The first-order valence-corrected chi connectivity index (χ1v) is 8.32. The minimum atomic E-state index is -0.182. The van der Waals surface area contributed by atoms with Crippen LogP contribution in [-0.4, -0.2) is 17.5 Å². The molecule has 112 valence electrons. The maximum absolute atomic E-state index is 6.20. The lowest BCUT2D eigenvalue weighted by Gasteiger charge is -2.33. The molecule has 3 nitrogen and oxygen atoms in total. The van der Waals surface area contributed by atoms with Crippen LogP contribution in [0.4, 0.5) is 0 Å². The molecule has 1 aliphatic heterocycles. The number of nitrogens with one attached hydrogen (secondary N) is 1. The smallest absolute Gasteiger partial charge is 0.0681 e. The van der Waals surface area contributed by atoms with E-state index in [1.165, 1.54) is 10.5 Å². The predicted molar refractivity (Wildman–Crippen MR) is 85.6 cm³/mol. The third kappa shape index (κ3) is 3.19. The standard InChI is InChI=1S/C16H26N2OS/c1-15(2)10-13(16(3,4)19-15)14(18-17)11-6-8-12(20-5)9-7-11/h6-9,13-14,18H,10,17H2,1-5H3. The molecule has 2 unspecified atom stereocenters. The molecule has 0 aliphatic carbocycles. The zero-order valence-electron chi connectivity index (χ0n) is 13.1. The molecule has 2 rings (SSSR count). The first-order valence-electron chi connectivity index (χ1n) is 7.09. The van der Waals surface area contributed by atoms with Crippen molar-refractivity contribution < 1.29 is 4.74 Å². The van der Waals surface area contributed by atoms with Gasteiger partial charge in [-0.1, -0.05) is 12.1 Å². The van der Waals surface area contributed by atoms with Crippen molar-refractivity contribution in [2.75, 3.05) is 6.26 Å². The molecule has 0 amide bonds. The van der Waals surface area contributed by atoms with Gasteiger partial charge in [-0.15, -0.1) is 11.8 Å².